The summed E-state index contributed by atoms with van der Waals surface area (Å²) in [5.41, 5.74) is 4.19. The monoisotopic (exact) mass is 303 g/mol. The fraction of sp³-hybridized carbons (Fsp3) is 0.667. The first kappa shape index (κ1) is 18.7. The molecule has 3 amide bonds. The lowest BCUT2D eigenvalue weighted by atomic mass is 9.93. The number of primary amides is 1. The Morgan fingerprint density at radius 2 is 1.86 bits per heavy atom. The quantitative estimate of drug-likeness (QED) is 0.432. The summed E-state index contributed by atoms with van der Waals surface area (Å²) in [6.07, 6.45) is -0.241. The Morgan fingerprint density at radius 3 is 2.29 bits per heavy atom. The Bertz CT molecular complexity index is 421. The molecule has 0 heterocycles. The molecule has 0 saturated carbocycles. The minimum absolute atomic E-state index is 0.0441. The molecule has 0 rings (SSSR count). The predicted molar refractivity (Wildman–Crippen MR) is 72.2 cm³/mol. The van der Waals surface area contributed by atoms with Gasteiger partial charge in [-0.25, -0.2) is 9.59 Å². The summed E-state index contributed by atoms with van der Waals surface area (Å²) in [5.74, 6) is -2.44. The summed E-state index contributed by atoms with van der Waals surface area (Å²) in [6.45, 7) is 3.04. The molecule has 120 valence electrons. The van der Waals surface area contributed by atoms with Crippen LogP contribution in [0.4, 0.5) is 4.79 Å². The first-order valence-electron chi connectivity index (χ1n) is 6.24. The molecular formula is C12H21N3O6. The van der Waals surface area contributed by atoms with Crippen molar-refractivity contribution in [2.75, 3.05) is 13.7 Å². The Hall–Kier alpha value is -2.32. The lowest BCUT2D eigenvalue weighted by Gasteiger charge is -2.22. The number of methoxy groups -OCH3 is 1. The Labute approximate surface area is 122 Å². The zero-order valence-corrected chi connectivity index (χ0v) is 12.3. The second-order valence-electron chi connectivity index (χ2n) is 5.08. The third-order valence-electron chi connectivity index (χ3n) is 2.83. The highest BCUT2D eigenvalue weighted by Gasteiger charge is 2.27. The fourth-order valence-electron chi connectivity index (χ4n) is 1.22. The number of esters is 1. The molecule has 0 aromatic heterocycles. The topological polar surface area (TPSA) is 148 Å². The lowest BCUT2D eigenvalue weighted by molar-refractivity contribution is -0.142. The average molecular weight is 303 g/mol. The van der Waals surface area contributed by atoms with Crippen LogP contribution >= 0.6 is 0 Å². The molecule has 0 aromatic carbocycles. The Kier molecular flexibility index (Phi) is 7.18. The number of rotatable bonds is 8. The van der Waals surface area contributed by atoms with E-state index in [9.17, 15) is 19.2 Å². The van der Waals surface area contributed by atoms with Crippen molar-refractivity contribution in [3.8, 4) is 0 Å². The highest BCUT2D eigenvalue weighted by atomic mass is 16.5. The van der Waals surface area contributed by atoms with Crippen molar-refractivity contribution in [1.29, 1.82) is 0 Å². The lowest BCUT2D eigenvalue weighted by Crippen LogP contribution is -2.50. The number of carboxylic acid groups (broad SMARTS) is 1. The van der Waals surface area contributed by atoms with Crippen LogP contribution < -0.4 is 16.4 Å². The zero-order chi connectivity index (χ0) is 16.6. The summed E-state index contributed by atoms with van der Waals surface area (Å²) in [6, 6.07) is -2.00. The molecule has 0 fully saturated rings. The number of nitrogens with two attached hydrogens (primary N) is 1. The molecule has 0 spiro atoms. The Balaban J connectivity index is 4.39. The number of carbonyl (C=O) groups is 4. The van der Waals surface area contributed by atoms with Crippen LogP contribution in [0.3, 0.4) is 0 Å². The average Bonchev–Trinajstić information content (AvgIpc) is 2.40. The number of hydrogen-bond acceptors (Lipinski definition) is 5. The van der Waals surface area contributed by atoms with Crippen molar-refractivity contribution in [2.45, 2.75) is 32.7 Å². The normalized spacial score (nSPS) is 12.1. The van der Waals surface area contributed by atoms with Gasteiger partial charge in [-0.2, -0.15) is 0 Å². The van der Waals surface area contributed by atoms with Gasteiger partial charge in [-0.15, -0.1) is 0 Å². The fourth-order valence-corrected chi connectivity index (χ4v) is 1.22. The summed E-state index contributed by atoms with van der Waals surface area (Å²) in [4.78, 5) is 44.6. The van der Waals surface area contributed by atoms with E-state index in [0.717, 1.165) is 0 Å². The van der Waals surface area contributed by atoms with Crippen LogP contribution in [0.2, 0.25) is 0 Å². The molecule has 1 atom stereocenters. The molecule has 0 aliphatic carbocycles. The molecule has 9 heteroatoms. The molecular weight excluding hydrogens is 282 g/mol. The van der Waals surface area contributed by atoms with Crippen LogP contribution in [0, 0.1) is 5.41 Å². The van der Waals surface area contributed by atoms with Gasteiger partial charge < -0.3 is 26.2 Å². The zero-order valence-electron chi connectivity index (χ0n) is 12.3. The van der Waals surface area contributed by atoms with Crippen LogP contribution in [-0.2, 0) is 19.1 Å². The minimum atomic E-state index is -1.27. The van der Waals surface area contributed by atoms with Gasteiger partial charge in [0, 0.05) is 13.0 Å². The number of aliphatic carboxylic acids is 1. The van der Waals surface area contributed by atoms with Crippen LogP contribution in [0.1, 0.15) is 26.7 Å². The smallest absolute Gasteiger partial charge is 0.326 e. The van der Waals surface area contributed by atoms with Gasteiger partial charge in [0.1, 0.15) is 6.04 Å². The predicted octanol–water partition coefficient (Wildman–Crippen LogP) is -0.796. The van der Waals surface area contributed by atoms with Crippen molar-refractivity contribution < 1.29 is 29.0 Å². The van der Waals surface area contributed by atoms with Crippen molar-refractivity contribution in [3.05, 3.63) is 0 Å². The van der Waals surface area contributed by atoms with Gasteiger partial charge >= 0.3 is 18.0 Å². The second-order valence-corrected chi connectivity index (χ2v) is 5.08. The third-order valence-corrected chi connectivity index (χ3v) is 2.83. The van der Waals surface area contributed by atoms with Crippen LogP contribution in [0.5, 0.6) is 0 Å². The first-order chi connectivity index (χ1) is 9.60. The van der Waals surface area contributed by atoms with E-state index in [2.05, 4.69) is 15.4 Å². The number of hydrogen-bond donors (Lipinski definition) is 4. The molecule has 0 unspecified atom stereocenters. The van der Waals surface area contributed by atoms with Crippen LogP contribution in [0.25, 0.3) is 0 Å². The molecule has 21 heavy (non-hydrogen) atoms. The van der Waals surface area contributed by atoms with Crippen molar-refractivity contribution in [1.82, 2.24) is 10.6 Å². The molecule has 0 aliphatic rings. The summed E-state index contributed by atoms with van der Waals surface area (Å²) >= 11 is 0. The van der Waals surface area contributed by atoms with Crippen molar-refractivity contribution in [3.63, 3.8) is 0 Å². The first-order valence-corrected chi connectivity index (χ1v) is 6.24. The summed E-state index contributed by atoms with van der Waals surface area (Å²) in [7, 11) is 1.18. The number of amides is 3. The van der Waals surface area contributed by atoms with Crippen molar-refractivity contribution >= 4 is 23.9 Å². The van der Waals surface area contributed by atoms with Gasteiger partial charge in [0.15, 0.2) is 0 Å². The van der Waals surface area contributed by atoms with E-state index in [1.165, 1.54) is 7.11 Å². The molecule has 0 bridgehead atoms. The standard InChI is InChI=1S/C12H21N3O6/c1-12(2,10(13)19)6-14-11(20)15-7(9(17)18)4-5-8(16)21-3/h7H,4-6H2,1-3H3,(H2,13,19)(H,17,18)(H2,14,15,20)/t7-/m1/s1. The molecule has 9 nitrogen and oxygen atoms in total. The van der Waals surface area contributed by atoms with E-state index in [-0.39, 0.29) is 19.4 Å². The second kappa shape index (κ2) is 8.08. The van der Waals surface area contributed by atoms with Gasteiger partial charge in [-0.1, -0.05) is 0 Å². The maximum Gasteiger partial charge on any atom is 0.326 e. The van der Waals surface area contributed by atoms with E-state index >= 15 is 0 Å². The number of urea groups is 1. The Morgan fingerprint density at radius 1 is 1.29 bits per heavy atom. The minimum Gasteiger partial charge on any atom is -0.480 e. The van der Waals surface area contributed by atoms with E-state index < -0.39 is 35.3 Å². The highest BCUT2D eigenvalue weighted by molar-refractivity contribution is 5.84. The molecule has 0 aromatic rings. The van der Waals surface area contributed by atoms with Crippen LogP contribution in [0.15, 0.2) is 0 Å². The van der Waals surface area contributed by atoms with E-state index in [4.69, 9.17) is 10.8 Å². The number of nitrogens with one attached hydrogen (secondary N) is 2. The SMILES string of the molecule is COC(=O)CC[C@@H](NC(=O)NCC(C)(C)C(N)=O)C(=O)O. The van der Waals surface area contributed by atoms with Gasteiger partial charge in [0.25, 0.3) is 0 Å². The van der Waals surface area contributed by atoms with Gasteiger partial charge in [-0.05, 0) is 20.3 Å². The molecule has 0 aliphatic heterocycles. The molecule has 5 N–H and O–H groups in total. The van der Waals surface area contributed by atoms with Gasteiger partial charge in [0.2, 0.25) is 5.91 Å². The highest BCUT2D eigenvalue weighted by Crippen LogP contribution is 2.11. The van der Waals surface area contributed by atoms with E-state index in [1.807, 2.05) is 0 Å². The van der Waals surface area contributed by atoms with Crippen LogP contribution in [-0.4, -0.2) is 48.7 Å². The molecule has 0 saturated heterocycles. The van der Waals surface area contributed by atoms with E-state index in [1.54, 1.807) is 13.8 Å². The third kappa shape index (κ3) is 7.14. The van der Waals surface area contributed by atoms with Gasteiger partial charge in [0.05, 0.1) is 12.5 Å². The summed E-state index contributed by atoms with van der Waals surface area (Å²) in [5, 5.41) is 13.5. The number of ether oxygens (including phenoxy) is 1. The number of carbonyl (C=O) groups excluding carboxylic acids is 3. The van der Waals surface area contributed by atoms with E-state index in [0.29, 0.717) is 0 Å². The number of carboxylic acids is 1. The van der Waals surface area contributed by atoms with Gasteiger partial charge in [-0.3, -0.25) is 9.59 Å². The maximum absolute atomic E-state index is 11.6. The maximum atomic E-state index is 11.6. The largest absolute Gasteiger partial charge is 0.480 e. The van der Waals surface area contributed by atoms with Crippen molar-refractivity contribution in [2.24, 2.45) is 11.1 Å². The summed E-state index contributed by atoms with van der Waals surface area (Å²) < 4.78 is 4.39. The molecule has 0 radical (unpaired) electrons.